The Labute approximate surface area is 122 Å². The Morgan fingerprint density at radius 1 is 1.10 bits per heavy atom. The van der Waals surface area contributed by atoms with E-state index in [9.17, 15) is 9.90 Å². The van der Waals surface area contributed by atoms with Crippen LogP contribution in [0.3, 0.4) is 0 Å². The number of phenols is 1. The van der Waals surface area contributed by atoms with Crippen LogP contribution in [0, 0.1) is 0 Å². The highest BCUT2D eigenvalue weighted by molar-refractivity contribution is 6.14. The van der Waals surface area contributed by atoms with Crippen molar-refractivity contribution in [2.24, 2.45) is 0 Å². The van der Waals surface area contributed by atoms with Gasteiger partial charge in [-0.25, -0.2) is 0 Å². The van der Waals surface area contributed by atoms with Crippen LogP contribution in [0.25, 0.3) is 6.08 Å². The lowest BCUT2D eigenvalue weighted by Crippen LogP contribution is -2.08. The minimum atomic E-state index is -0.211. The first-order valence-corrected chi connectivity index (χ1v) is 6.59. The summed E-state index contributed by atoms with van der Waals surface area (Å²) in [5.74, 6) is 0.599. The second-order valence-electron chi connectivity index (χ2n) is 5.11. The largest absolute Gasteiger partial charge is 0.508 e. The summed E-state index contributed by atoms with van der Waals surface area (Å²) in [5, 5.41) is 9.44. The fourth-order valence-corrected chi connectivity index (χ4v) is 2.20. The van der Waals surface area contributed by atoms with E-state index in [1.165, 1.54) is 12.1 Å². The summed E-state index contributed by atoms with van der Waals surface area (Å²) in [6.45, 7) is 0. The van der Waals surface area contributed by atoms with E-state index < -0.39 is 0 Å². The van der Waals surface area contributed by atoms with E-state index in [2.05, 4.69) is 0 Å². The van der Waals surface area contributed by atoms with Gasteiger partial charge >= 0.3 is 0 Å². The Morgan fingerprint density at radius 2 is 1.81 bits per heavy atom. The lowest BCUT2D eigenvalue weighted by molar-refractivity contribution is 0.101. The first kappa shape index (κ1) is 13.2. The predicted octanol–water partition coefficient (Wildman–Crippen LogP) is 3.07. The number of benzene rings is 2. The Hall–Kier alpha value is -2.75. The van der Waals surface area contributed by atoms with Crippen molar-refractivity contribution < 1.29 is 14.6 Å². The van der Waals surface area contributed by atoms with Crippen molar-refractivity contribution in [2.45, 2.75) is 0 Å². The van der Waals surface area contributed by atoms with E-state index in [0.717, 1.165) is 11.3 Å². The molecule has 0 aliphatic carbocycles. The summed E-state index contributed by atoms with van der Waals surface area (Å²) in [6.07, 6.45) is 1.71. The molecule has 0 unspecified atom stereocenters. The quantitative estimate of drug-likeness (QED) is 0.859. The van der Waals surface area contributed by atoms with Crippen molar-refractivity contribution in [2.75, 3.05) is 19.0 Å². The van der Waals surface area contributed by atoms with Gasteiger partial charge in [-0.15, -0.1) is 0 Å². The standard InChI is InChI=1S/C17H15NO3/c1-18(2)12-5-3-11(4-6-12)9-16-17(20)14-10-13(19)7-8-15(14)21-16/h3-10,19H,1-2H3/b16-9-. The summed E-state index contributed by atoms with van der Waals surface area (Å²) in [7, 11) is 3.94. The summed E-state index contributed by atoms with van der Waals surface area (Å²) < 4.78 is 5.55. The second-order valence-corrected chi connectivity index (χ2v) is 5.11. The molecule has 0 saturated heterocycles. The SMILES string of the molecule is CN(C)c1ccc(/C=C2\Oc3ccc(O)cc3C2=O)cc1. The van der Waals surface area contributed by atoms with E-state index in [4.69, 9.17) is 4.74 Å². The Bertz CT molecular complexity index is 730. The van der Waals surface area contributed by atoms with Crippen LogP contribution in [-0.4, -0.2) is 25.0 Å². The van der Waals surface area contributed by atoms with Crippen LogP contribution in [0.2, 0.25) is 0 Å². The average Bonchev–Trinajstić information content (AvgIpc) is 2.76. The molecule has 3 rings (SSSR count). The third-order valence-electron chi connectivity index (χ3n) is 3.36. The lowest BCUT2D eigenvalue weighted by atomic mass is 10.1. The van der Waals surface area contributed by atoms with Gasteiger partial charge in [0.2, 0.25) is 5.78 Å². The number of carbonyl (C=O) groups is 1. The van der Waals surface area contributed by atoms with E-state index in [1.807, 2.05) is 43.3 Å². The van der Waals surface area contributed by atoms with Crippen molar-refractivity contribution in [3.8, 4) is 11.5 Å². The lowest BCUT2D eigenvalue weighted by Gasteiger charge is -2.11. The summed E-state index contributed by atoms with van der Waals surface area (Å²) in [5.41, 5.74) is 2.37. The minimum Gasteiger partial charge on any atom is -0.508 e. The highest BCUT2D eigenvalue weighted by Crippen LogP contribution is 2.34. The number of hydrogen-bond donors (Lipinski definition) is 1. The second kappa shape index (κ2) is 4.98. The average molecular weight is 281 g/mol. The number of aromatic hydroxyl groups is 1. The van der Waals surface area contributed by atoms with Gasteiger partial charge in [-0.3, -0.25) is 4.79 Å². The zero-order valence-electron chi connectivity index (χ0n) is 11.8. The van der Waals surface area contributed by atoms with E-state index in [1.54, 1.807) is 12.1 Å². The predicted molar refractivity (Wildman–Crippen MR) is 81.8 cm³/mol. The number of fused-ring (bicyclic) bond motifs is 1. The molecule has 0 fully saturated rings. The molecule has 1 aliphatic heterocycles. The van der Waals surface area contributed by atoms with Crippen molar-refractivity contribution in [1.82, 2.24) is 0 Å². The maximum Gasteiger partial charge on any atom is 0.232 e. The molecule has 2 aromatic carbocycles. The van der Waals surface area contributed by atoms with Gasteiger partial charge in [-0.2, -0.15) is 0 Å². The van der Waals surface area contributed by atoms with Crippen LogP contribution in [0.15, 0.2) is 48.2 Å². The summed E-state index contributed by atoms with van der Waals surface area (Å²) >= 11 is 0. The number of phenolic OH excluding ortho intramolecular Hbond substituents is 1. The van der Waals surface area contributed by atoms with Crippen LogP contribution in [0.5, 0.6) is 11.5 Å². The van der Waals surface area contributed by atoms with E-state index in [0.29, 0.717) is 11.3 Å². The first-order valence-electron chi connectivity index (χ1n) is 6.59. The highest BCUT2D eigenvalue weighted by atomic mass is 16.5. The molecule has 0 radical (unpaired) electrons. The van der Waals surface area contributed by atoms with Crippen molar-refractivity contribution >= 4 is 17.5 Å². The summed E-state index contributed by atoms with van der Waals surface area (Å²) in [4.78, 5) is 14.2. The molecule has 21 heavy (non-hydrogen) atoms. The maximum absolute atomic E-state index is 12.2. The van der Waals surface area contributed by atoms with Crippen molar-refractivity contribution in [3.05, 3.63) is 59.4 Å². The van der Waals surface area contributed by atoms with Gasteiger partial charge < -0.3 is 14.7 Å². The third kappa shape index (κ3) is 2.48. The van der Waals surface area contributed by atoms with E-state index in [-0.39, 0.29) is 17.3 Å². The summed E-state index contributed by atoms with van der Waals surface area (Å²) in [6, 6.07) is 12.3. The smallest absolute Gasteiger partial charge is 0.232 e. The number of hydrogen-bond acceptors (Lipinski definition) is 4. The highest BCUT2D eigenvalue weighted by Gasteiger charge is 2.27. The number of anilines is 1. The van der Waals surface area contributed by atoms with Crippen molar-refractivity contribution in [1.29, 1.82) is 0 Å². The molecule has 4 nitrogen and oxygen atoms in total. The molecule has 0 atom stereocenters. The Morgan fingerprint density at radius 3 is 2.48 bits per heavy atom. The molecule has 4 heteroatoms. The zero-order valence-corrected chi connectivity index (χ0v) is 11.8. The molecule has 0 bridgehead atoms. The fourth-order valence-electron chi connectivity index (χ4n) is 2.20. The molecule has 0 spiro atoms. The normalized spacial score (nSPS) is 15.0. The number of allylic oxidation sites excluding steroid dienone is 1. The van der Waals surface area contributed by atoms with Crippen LogP contribution < -0.4 is 9.64 Å². The van der Waals surface area contributed by atoms with Gasteiger partial charge in [0, 0.05) is 19.8 Å². The zero-order chi connectivity index (χ0) is 15.0. The number of ether oxygens (including phenoxy) is 1. The molecule has 1 heterocycles. The molecule has 0 amide bonds. The van der Waals surface area contributed by atoms with Gasteiger partial charge in [0.15, 0.2) is 5.76 Å². The molecule has 1 aliphatic rings. The van der Waals surface area contributed by atoms with Gasteiger partial charge in [-0.05, 0) is 42.0 Å². The van der Waals surface area contributed by atoms with Crippen molar-refractivity contribution in [3.63, 3.8) is 0 Å². The van der Waals surface area contributed by atoms with E-state index >= 15 is 0 Å². The third-order valence-corrected chi connectivity index (χ3v) is 3.36. The number of carbonyl (C=O) groups excluding carboxylic acids is 1. The maximum atomic E-state index is 12.2. The number of Topliss-reactive ketones (excluding diaryl/α,β-unsaturated/α-hetero) is 1. The molecule has 106 valence electrons. The molecule has 0 aromatic heterocycles. The minimum absolute atomic E-state index is 0.0577. The first-order chi connectivity index (χ1) is 10.0. The van der Waals surface area contributed by atoms with Crippen LogP contribution >= 0.6 is 0 Å². The van der Waals surface area contributed by atoms with Gasteiger partial charge in [0.05, 0.1) is 5.56 Å². The number of rotatable bonds is 2. The fraction of sp³-hybridized carbons (Fsp3) is 0.118. The number of ketones is 1. The Balaban J connectivity index is 1.90. The van der Waals surface area contributed by atoms with Gasteiger partial charge in [0.1, 0.15) is 11.5 Å². The molecule has 1 N–H and O–H groups in total. The molecular formula is C17H15NO3. The monoisotopic (exact) mass is 281 g/mol. The van der Waals surface area contributed by atoms with Crippen LogP contribution in [0.1, 0.15) is 15.9 Å². The Kier molecular flexibility index (Phi) is 3.14. The van der Waals surface area contributed by atoms with Crippen LogP contribution in [-0.2, 0) is 0 Å². The topological polar surface area (TPSA) is 49.8 Å². The molecular weight excluding hydrogens is 266 g/mol. The molecule has 0 saturated carbocycles. The van der Waals surface area contributed by atoms with Gasteiger partial charge in [0.25, 0.3) is 0 Å². The number of nitrogens with zero attached hydrogens (tertiary/aromatic N) is 1. The van der Waals surface area contributed by atoms with Gasteiger partial charge in [-0.1, -0.05) is 12.1 Å². The van der Waals surface area contributed by atoms with Crippen LogP contribution in [0.4, 0.5) is 5.69 Å². The molecule has 2 aromatic rings.